The summed E-state index contributed by atoms with van der Waals surface area (Å²) in [6, 6.07) is 0. The van der Waals surface area contributed by atoms with E-state index in [-0.39, 0.29) is 5.41 Å². The smallest absolute Gasteiger partial charge is 0.323 e. The van der Waals surface area contributed by atoms with Gasteiger partial charge >= 0.3 is 15.2 Å². The molecule has 2 rings (SSSR count). The first-order valence-electron chi connectivity index (χ1n) is 7.49. The zero-order valence-corrected chi connectivity index (χ0v) is 13.9. The molecule has 2 fully saturated rings. The average Bonchev–Trinajstić information content (AvgIpc) is 2.49. The van der Waals surface area contributed by atoms with Crippen LogP contribution in [0.25, 0.3) is 0 Å². The van der Waals surface area contributed by atoms with Crippen molar-refractivity contribution in [3.05, 3.63) is 0 Å². The van der Waals surface area contributed by atoms with E-state index in [0.717, 1.165) is 44.9 Å². The molecule has 21 heavy (non-hydrogen) atoms. The van der Waals surface area contributed by atoms with E-state index in [1.54, 1.807) is 0 Å². The van der Waals surface area contributed by atoms with Crippen LogP contribution in [-0.2, 0) is 9.13 Å². The van der Waals surface area contributed by atoms with Crippen molar-refractivity contribution in [3.8, 4) is 0 Å². The minimum absolute atomic E-state index is 0.0304. The first kappa shape index (κ1) is 17.6. The average molecular weight is 341 g/mol. The van der Waals surface area contributed by atoms with Crippen LogP contribution in [0.1, 0.15) is 51.4 Å². The van der Waals surface area contributed by atoms with Crippen molar-refractivity contribution in [1.29, 1.82) is 0 Å². The molecule has 0 aromatic rings. The highest BCUT2D eigenvalue weighted by atomic mass is 31.2. The molecule has 1 saturated carbocycles. The van der Waals surface area contributed by atoms with Gasteiger partial charge in [-0.2, -0.15) is 0 Å². The Balaban J connectivity index is 2.27. The van der Waals surface area contributed by atoms with Crippen molar-refractivity contribution in [1.82, 2.24) is 4.90 Å². The van der Waals surface area contributed by atoms with E-state index in [1.807, 2.05) is 0 Å². The molecule has 1 spiro atoms. The maximum absolute atomic E-state index is 11.6. The fourth-order valence-corrected chi connectivity index (χ4v) is 6.74. The van der Waals surface area contributed by atoms with Gasteiger partial charge < -0.3 is 19.6 Å². The molecule has 124 valence electrons. The molecular weight excluding hydrogens is 316 g/mol. The minimum atomic E-state index is -4.89. The number of nitrogens with zero attached hydrogens (tertiary/aromatic N) is 1. The van der Waals surface area contributed by atoms with Gasteiger partial charge in [-0.15, -0.1) is 0 Å². The predicted octanol–water partition coefficient (Wildman–Crippen LogP) is 2.06. The molecule has 0 radical (unpaired) electrons. The number of likely N-dealkylation sites (tertiary alicyclic amines) is 1. The van der Waals surface area contributed by atoms with Crippen LogP contribution >= 0.6 is 15.2 Å². The quantitative estimate of drug-likeness (QED) is 0.580. The molecule has 0 aromatic heterocycles. The third-order valence-electron chi connectivity index (χ3n) is 4.78. The molecule has 1 saturated heterocycles. The summed E-state index contributed by atoms with van der Waals surface area (Å²) in [5, 5.41) is 0. The third kappa shape index (κ3) is 4.38. The summed E-state index contributed by atoms with van der Waals surface area (Å²) < 4.78 is 23.2. The lowest BCUT2D eigenvalue weighted by molar-refractivity contribution is 0.108. The van der Waals surface area contributed by atoms with Gasteiger partial charge in [0.1, 0.15) is 0 Å². The van der Waals surface area contributed by atoms with E-state index in [4.69, 9.17) is 0 Å². The fourth-order valence-electron chi connectivity index (χ4n) is 3.93. The summed E-state index contributed by atoms with van der Waals surface area (Å²) in [4.78, 5) is 39.1. The Morgan fingerprint density at radius 2 is 1.29 bits per heavy atom. The normalized spacial score (nSPS) is 25.2. The number of hydrogen-bond donors (Lipinski definition) is 4. The van der Waals surface area contributed by atoms with Gasteiger partial charge in [0.15, 0.2) is 0 Å². The maximum atomic E-state index is 11.6. The predicted molar refractivity (Wildman–Crippen MR) is 78.8 cm³/mol. The highest BCUT2D eigenvalue weighted by Gasteiger charge is 2.50. The minimum Gasteiger partial charge on any atom is -0.323 e. The Bertz CT molecular complexity index is 431. The highest BCUT2D eigenvalue weighted by molar-refractivity contribution is 7.70. The Morgan fingerprint density at radius 3 is 1.76 bits per heavy atom. The second-order valence-electron chi connectivity index (χ2n) is 6.51. The molecule has 0 atom stereocenters. The van der Waals surface area contributed by atoms with Crippen molar-refractivity contribution >= 4 is 15.2 Å². The summed E-state index contributed by atoms with van der Waals surface area (Å²) in [5.41, 5.74) is -2.01. The lowest BCUT2D eigenvalue weighted by atomic mass is 9.71. The van der Waals surface area contributed by atoms with Crippen molar-refractivity contribution in [3.63, 3.8) is 0 Å². The Hall–Kier alpha value is 0.260. The summed E-state index contributed by atoms with van der Waals surface area (Å²) >= 11 is 0. The van der Waals surface area contributed by atoms with Crippen LogP contribution in [0.3, 0.4) is 0 Å². The van der Waals surface area contributed by atoms with Gasteiger partial charge in [-0.3, -0.25) is 14.0 Å². The van der Waals surface area contributed by atoms with E-state index in [9.17, 15) is 28.7 Å². The van der Waals surface area contributed by atoms with Crippen molar-refractivity contribution < 1.29 is 28.7 Å². The van der Waals surface area contributed by atoms with Gasteiger partial charge in [0, 0.05) is 6.54 Å². The first-order valence-corrected chi connectivity index (χ1v) is 10.8. The van der Waals surface area contributed by atoms with E-state index >= 15 is 0 Å². The lowest BCUT2D eigenvalue weighted by Crippen LogP contribution is -2.43. The van der Waals surface area contributed by atoms with Crippen LogP contribution < -0.4 is 0 Å². The SMILES string of the molecule is O=P(O)(O)C(N1CCCCC2(CCCCC2)C1)P(=O)(O)O. The van der Waals surface area contributed by atoms with Gasteiger partial charge in [-0.05, 0) is 37.6 Å². The molecule has 7 nitrogen and oxygen atoms in total. The first-order chi connectivity index (χ1) is 9.64. The summed E-state index contributed by atoms with van der Waals surface area (Å²) in [5.74, 6) is 0. The zero-order chi connectivity index (χ0) is 15.7. The van der Waals surface area contributed by atoms with Crippen LogP contribution in [-0.4, -0.2) is 43.1 Å². The largest absolute Gasteiger partial charge is 0.354 e. The van der Waals surface area contributed by atoms with E-state index < -0.39 is 20.7 Å². The van der Waals surface area contributed by atoms with Crippen LogP contribution in [0.15, 0.2) is 0 Å². The molecular formula is C12H25NO6P2. The van der Waals surface area contributed by atoms with E-state index in [0.29, 0.717) is 13.1 Å². The van der Waals surface area contributed by atoms with Crippen molar-refractivity contribution in [2.24, 2.45) is 5.41 Å². The van der Waals surface area contributed by atoms with Crippen molar-refractivity contribution in [2.45, 2.75) is 56.9 Å². The Kier molecular flexibility index (Phi) is 5.37. The molecule has 1 aliphatic heterocycles. The molecule has 2 aliphatic rings. The van der Waals surface area contributed by atoms with Crippen LogP contribution in [0.5, 0.6) is 0 Å². The van der Waals surface area contributed by atoms with E-state index in [1.165, 1.54) is 11.3 Å². The summed E-state index contributed by atoms with van der Waals surface area (Å²) in [6.07, 6.45) is 7.97. The van der Waals surface area contributed by atoms with Gasteiger partial charge in [-0.25, -0.2) is 0 Å². The van der Waals surface area contributed by atoms with Gasteiger partial charge in [0.25, 0.3) is 0 Å². The Morgan fingerprint density at radius 1 is 0.810 bits per heavy atom. The summed E-state index contributed by atoms with van der Waals surface area (Å²) in [6.45, 7) is 0.719. The zero-order valence-electron chi connectivity index (χ0n) is 12.1. The lowest BCUT2D eigenvalue weighted by Gasteiger charge is -2.41. The third-order valence-corrected chi connectivity index (χ3v) is 8.45. The molecule has 9 heteroatoms. The van der Waals surface area contributed by atoms with Gasteiger partial charge in [0.2, 0.25) is 5.52 Å². The monoisotopic (exact) mass is 341 g/mol. The second kappa shape index (κ2) is 6.40. The Labute approximate surface area is 125 Å². The molecule has 0 aromatic carbocycles. The van der Waals surface area contributed by atoms with Crippen LogP contribution in [0, 0.1) is 5.41 Å². The van der Waals surface area contributed by atoms with Crippen LogP contribution in [0.4, 0.5) is 0 Å². The molecule has 0 bridgehead atoms. The topological polar surface area (TPSA) is 118 Å². The van der Waals surface area contributed by atoms with Crippen LogP contribution in [0.2, 0.25) is 0 Å². The van der Waals surface area contributed by atoms with Gasteiger partial charge in [-0.1, -0.05) is 25.7 Å². The standard InChI is InChI=1S/C12H25NO6P2/c14-20(15,16)11(21(17,18)19)13-9-5-4-8-12(10-13)6-2-1-3-7-12/h11H,1-10H2,(H2,14,15,16)(H2,17,18,19). The van der Waals surface area contributed by atoms with Crippen molar-refractivity contribution in [2.75, 3.05) is 13.1 Å². The molecule has 0 unspecified atom stereocenters. The molecule has 0 amide bonds. The fraction of sp³-hybridized carbons (Fsp3) is 1.00. The maximum Gasteiger partial charge on any atom is 0.354 e. The highest BCUT2D eigenvalue weighted by Crippen LogP contribution is 2.62. The number of rotatable bonds is 3. The van der Waals surface area contributed by atoms with E-state index in [2.05, 4.69) is 0 Å². The summed E-state index contributed by atoms with van der Waals surface area (Å²) in [7, 11) is -9.78. The molecule has 1 aliphatic carbocycles. The molecule has 4 N–H and O–H groups in total. The number of hydrogen-bond acceptors (Lipinski definition) is 3. The molecule has 1 heterocycles. The van der Waals surface area contributed by atoms with Gasteiger partial charge in [0.05, 0.1) is 0 Å². The second-order valence-corrected chi connectivity index (χ2v) is 10.3.